The Kier molecular flexibility index (Phi) is 4.07. The van der Waals surface area contributed by atoms with E-state index in [1.54, 1.807) is 6.07 Å². The maximum atomic E-state index is 11.3. The van der Waals surface area contributed by atoms with Crippen molar-refractivity contribution in [3.05, 3.63) is 64.2 Å². The van der Waals surface area contributed by atoms with Gasteiger partial charge in [-0.15, -0.1) is 0 Å². The molecular weight excluding hydrogens is 260 g/mol. The molecule has 0 saturated carbocycles. The highest BCUT2D eigenvalue weighted by Gasteiger charge is 2.08. The monoisotopic (exact) mass is 274 g/mol. The van der Waals surface area contributed by atoms with Crippen molar-refractivity contribution in [2.24, 2.45) is 5.73 Å². The van der Waals surface area contributed by atoms with Gasteiger partial charge >= 0.3 is 0 Å². The largest absolute Gasteiger partial charge is 0.381 e. The second-order valence-electron chi connectivity index (χ2n) is 4.29. The standard InChI is InChI=1S/C15H15ClN2O/c1-10-12(15(17)19)6-4-8-14(10)18-9-11-5-2-3-7-13(11)16/h2-8,18H,9H2,1H3,(H2,17,19). The molecule has 1 amide bonds. The summed E-state index contributed by atoms with van der Waals surface area (Å²) in [5.41, 5.74) is 8.60. The van der Waals surface area contributed by atoms with Crippen molar-refractivity contribution in [2.45, 2.75) is 13.5 Å². The quantitative estimate of drug-likeness (QED) is 0.898. The Hall–Kier alpha value is -2.00. The van der Waals surface area contributed by atoms with Gasteiger partial charge in [-0.25, -0.2) is 0 Å². The first-order chi connectivity index (χ1) is 9.09. The highest BCUT2D eigenvalue weighted by molar-refractivity contribution is 6.31. The normalized spacial score (nSPS) is 10.2. The smallest absolute Gasteiger partial charge is 0.249 e. The van der Waals surface area contributed by atoms with Crippen molar-refractivity contribution in [3.8, 4) is 0 Å². The summed E-state index contributed by atoms with van der Waals surface area (Å²) in [4.78, 5) is 11.3. The van der Waals surface area contributed by atoms with Crippen LogP contribution < -0.4 is 11.1 Å². The molecule has 0 aliphatic heterocycles. The minimum absolute atomic E-state index is 0.418. The van der Waals surface area contributed by atoms with E-state index in [0.29, 0.717) is 12.1 Å². The molecule has 3 N–H and O–H groups in total. The third-order valence-electron chi connectivity index (χ3n) is 3.03. The highest BCUT2D eigenvalue weighted by atomic mass is 35.5. The molecule has 0 aliphatic carbocycles. The lowest BCUT2D eigenvalue weighted by Crippen LogP contribution is -2.14. The van der Waals surface area contributed by atoms with Gasteiger partial charge in [0, 0.05) is 22.8 Å². The Labute approximate surface area is 117 Å². The first kappa shape index (κ1) is 13.4. The Morgan fingerprint density at radius 1 is 1.21 bits per heavy atom. The number of rotatable bonds is 4. The molecule has 0 atom stereocenters. The maximum Gasteiger partial charge on any atom is 0.249 e. The van der Waals surface area contributed by atoms with Crippen molar-refractivity contribution < 1.29 is 4.79 Å². The fourth-order valence-electron chi connectivity index (χ4n) is 1.93. The van der Waals surface area contributed by atoms with Crippen molar-refractivity contribution >= 4 is 23.2 Å². The van der Waals surface area contributed by atoms with E-state index in [-0.39, 0.29) is 0 Å². The molecule has 4 heteroatoms. The number of nitrogens with one attached hydrogen (secondary N) is 1. The number of carbonyl (C=O) groups is 1. The SMILES string of the molecule is Cc1c(NCc2ccccc2Cl)cccc1C(N)=O. The zero-order chi connectivity index (χ0) is 13.8. The van der Waals surface area contributed by atoms with E-state index in [4.69, 9.17) is 17.3 Å². The number of amides is 1. The molecule has 19 heavy (non-hydrogen) atoms. The Morgan fingerprint density at radius 3 is 2.63 bits per heavy atom. The predicted octanol–water partition coefficient (Wildman–Crippen LogP) is 3.36. The van der Waals surface area contributed by atoms with E-state index < -0.39 is 5.91 Å². The van der Waals surface area contributed by atoms with Crippen LogP contribution in [0.5, 0.6) is 0 Å². The molecule has 2 aromatic rings. The number of benzene rings is 2. The number of halogens is 1. The van der Waals surface area contributed by atoms with Gasteiger partial charge in [0.2, 0.25) is 5.91 Å². The van der Waals surface area contributed by atoms with Gasteiger partial charge in [0.25, 0.3) is 0 Å². The third kappa shape index (κ3) is 3.06. The molecule has 0 unspecified atom stereocenters. The molecule has 0 aliphatic rings. The van der Waals surface area contributed by atoms with Gasteiger partial charge in [-0.3, -0.25) is 4.79 Å². The average Bonchev–Trinajstić information content (AvgIpc) is 2.39. The lowest BCUT2D eigenvalue weighted by molar-refractivity contribution is 0.1000. The van der Waals surface area contributed by atoms with Gasteiger partial charge in [-0.05, 0) is 36.2 Å². The fraction of sp³-hybridized carbons (Fsp3) is 0.133. The molecule has 98 valence electrons. The molecule has 0 aromatic heterocycles. The summed E-state index contributed by atoms with van der Waals surface area (Å²) < 4.78 is 0. The Bertz CT molecular complexity index is 611. The van der Waals surface area contributed by atoms with Crippen LogP contribution in [0.4, 0.5) is 5.69 Å². The van der Waals surface area contributed by atoms with Crippen molar-refractivity contribution in [1.29, 1.82) is 0 Å². The number of nitrogens with two attached hydrogens (primary N) is 1. The van der Waals surface area contributed by atoms with Crippen molar-refractivity contribution in [3.63, 3.8) is 0 Å². The van der Waals surface area contributed by atoms with Crippen LogP contribution in [-0.2, 0) is 6.54 Å². The van der Waals surface area contributed by atoms with Crippen LogP contribution in [0.3, 0.4) is 0 Å². The number of hydrogen-bond donors (Lipinski definition) is 2. The van der Waals surface area contributed by atoms with E-state index in [9.17, 15) is 4.79 Å². The molecule has 2 aromatic carbocycles. The summed E-state index contributed by atoms with van der Waals surface area (Å²) in [6.45, 7) is 2.47. The van der Waals surface area contributed by atoms with Gasteiger partial charge in [0.1, 0.15) is 0 Å². The van der Waals surface area contributed by atoms with Gasteiger partial charge in [-0.1, -0.05) is 35.9 Å². The number of anilines is 1. The molecule has 0 saturated heterocycles. The van der Waals surface area contributed by atoms with Gasteiger partial charge < -0.3 is 11.1 Å². The van der Waals surface area contributed by atoms with Crippen LogP contribution in [0.15, 0.2) is 42.5 Å². The molecule has 0 heterocycles. The average molecular weight is 275 g/mol. The minimum atomic E-state index is -0.418. The molecule has 2 rings (SSSR count). The van der Waals surface area contributed by atoms with Crippen molar-refractivity contribution in [2.75, 3.05) is 5.32 Å². The summed E-state index contributed by atoms with van der Waals surface area (Å²) in [7, 11) is 0. The first-order valence-corrected chi connectivity index (χ1v) is 6.34. The lowest BCUT2D eigenvalue weighted by atomic mass is 10.1. The highest BCUT2D eigenvalue weighted by Crippen LogP contribution is 2.21. The van der Waals surface area contributed by atoms with Crippen LogP contribution in [-0.4, -0.2) is 5.91 Å². The zero-order valence-corrected chi connectivity index (χ0v) is 11.4. The summed E-state index contributed by atoms with van der Waals surface area (Å²) in [5.74, 6) is -0.418. The van der Waals surface area contributed by atoms with E-state index in [2.05, 4.69) is 5.32 Å². The topological polar surface area (TPSA) is 55.1 Å². The molecule has 0 fully saturated rings. The van der Waals surface area contributed by atoms with E-state index in [1.807, 2.05) is 43.3 Å². The van der Waals surface area contributed by atoms with Gasteiger partial charge in [0.05, 0.1) is 0 Å². The van der Waals surface area contributed by atoms with Crippen LogP contribution in [0, 0.1) is 6.92 Å². The fourth-order valence-corrected chi connectivity index (χ4v) is 2.13. The lowest BCUT2D eigenvalue weighted by Gasteiger charge is -2.12. The van der Waals surface area contributed by atoms with Crippen LogP contribution in [0.2, 0.25) is 5.02 Å². The van der Waals surface area contributed by atoms with Gasteiger partial charge in [-0.2, -0.15) is 0 Å². The maximum absolute atomic E-state index is 11.3. The Morgan fingerprint density at radius 2 is 1.95 bits per heavy atom. The number of primary amides is 1. The van der Waals surface area contributed by atoms with Gasteiger partial charge in [0.15, 0.2) is 0 Å². The molecule has 3 nitrogen and oxygen atoms in total. The van der Waals surface area contributed by atoms with E-state index in [1.165, 1.54) is 0 Å². The van der Waals surface area contributed by atoms with Crippen LogP contribution in [0.25, 0.3) is 0 Å². The molecular formula is C15H15ClN2O. The van der Waals surface area contributed by atoms with E-state index in [0.717, 1.165) is 21.8 Å². The van der Waals surface area contributed by atoms with Crippen molar-refractivity contribution in [1.82, 2.24) is 0 Å². The summed E-state index contributed by atoms with van der Waals surface area (Å²) in [6, 6.07) is 13.1. The predicted molar refractivity (Wildman–Crippen MR) is 78.5 cm³/mol. The number of hydrogen-bond acceptors (Lipinski definition) is 2. The second kappa shape index (κ2) is 5.76. The third-order valence-corrected chi connectivity index (χ3v) is 3.40. The molecule has 0 bridgehead atoms. The Balaban J connectivity index is 2.19. The summed E-state index contributed by atoms with van der Waals surface area (Å²) in [6.07, 6.45) is 0. The van der Waals surface area contributed by atoms with Crippen LogP contribution >= 0.6 is 11.6 Å². The van der Waals surface area contributed by atoms with Crippen LogP contribution in [0.1, 0.15) is 21.5 Å². The first-order valence-electron chi connectivity index (χ1n) is 5.96. The zero-order valence-electron chi connectivity index (χ0n) is 10.6. The summed E-state index contributed by atoms with van der Waals surface area (Å²) >= 11 is 6.10. The van der Waals surface area contributed by atoms with E-state index >= 15 is 0 Å². The minimum Gasteiger partial charge on any atom is -0.381 e. The summed E-state index contributed by atoms with van der Waals surface area (Å²) in [5, 5.41) is 3.99. The molecule has 0 radical (unpaired) electrons. The number of carbonyl (C=O) groups excluding carboxylic acids is 1. The second-order valence-corrected chi connectivity index (χ2v) is 4.69. The molecule has 0 spiro atoms.